The molecule has 148 valence electrons. The molecule has 8 heteroatoms. The number of aryl methyl sites for hydroxylation is 1. The number of nitrogens with zero attached hydrogens (tertiary/aromatic N) is 3. The highest BCUT2D eigenvalue weighted by Crippen LogP contribution is 2.15. The number of carbonyl (C=O) groups is 1. The zero-order valence-corrected chi connectivity index (χ0v) is 16.8. The van der Waals surface area contributed by atoms with E-state index in [1.54, 1.807) is 24.3 Å². The summed E-state index contributed by atoms with van der Waals surface area (Å²) >= 11 is 1.35. The summed E-state index contributed by atoms with van der Waals surface area (Å²) in [5, 5.41) is 5.02. The van der Waals surface area contributed by atoms with Gasteiger partial charge in [-0.05, 0) is 37.1 Å². The molecular formula is C20H23N3O4S. The number of ether oxygens (including phenoxy) is 2. The van der Waals surface area contributed by atoms with E-state index in [4.69, 9.17) is 9.47 Å². The Balaban J connectivity index is 1.59. The number of aromatic nitrogens is 3. The molecule has 0 aliphatic carbocycles. The van der Waals surface area contributed by atoms with Crippen LogP contribution >= 0.6 is 11.3 Å². The molecule has 0 saturated heterocycles. The first kappa shape index (κ1) is 20.0. The van der Waals surface area contributed by atoms with E-state index in [1.807, 2.05) is 6.92 Å². The van der Waals surface area contributed by atoms with Gasteiger partial charge in [0, 0.05) is 6.07 Å². The minimum Gasteiger partial charge on any atom is -0.494 e. The number of fused-ring (bicyclic) bond motifs is 1. The topological polar surface area (TPSA) is 82.8 Å². The van der Waals surface area contributed by atoms with Crippen molar-refractivity contribution in [3.8, 4) is 5.75 Å². The number of carbonyl (C=O) groups excluding carboxylic acids is 1. The highest BCUT2D eigenvalue weighted by Gasteiger charge is 2.11. The number of esters is 1. The number of unbranched alkanes of at least 4 members (excludes halogenated alkanes) is 2. The van der Waals surface area contributed by atoms with Crippen molar-refractivity contribution in [1.82, 2.24) is 14.6 Å². The Bertz CT molecular complexity index is 995. The molecule has 0 radical (unpaired) electrons. The molecule has 0 N–H and O–H groups in total. The fourth-order valence-electron chi connectivity index (χ4n) is 2.56. The van der Waals surface area contributed by atoms with Crippen LogP contribution in [-0.4, -0.2) is 27.2 Å². The van der Waals surface area contributed by atoms with E-state index in [2.05, 4.69) is 17.0 Å². The Morgan fingerprint density at radius 1 is 1.18 bits per heavy atom. The van der Waals surface area contributed by atoms with E-state index in [1.165, 1.54) is 21.9 Å². The summed E-state index contributed by atoms with van der Waals surface area (Å²) in [6.45, 7) is 4.70. The molecule has 0 aliphatic rings. The first-order valence-corrected chi connectivity index (χ1v) is 10.2. The average molecular weight is 401 g/mol. The van der Waals surface area contributed by atoms with Crippen LogP contribution in [-0.2, 0) is 17.8 Å². The van der Waals surface area contributed by atoms with Crippen LogP contribution in [0.1, 0.15) is 54.2 Å². The Morgan fingerprint density at radius 2 is 1.96 bits per heavy atom. The van der Waals surface area contributed by atoms with Crippen molar-refractivity contribution in [3.63, 3.8) is 0 Å². The summed E-state index contributed by atoms with van der Waals surface area (Å²) in [5.74, 6) is 0.253. The molecule has 0 spiro atoms. The molecule has 0 unspecified atom stereocenters. The molecule has 0 fully saturated rings. The van der Waals surface area contributed by atoms with Crippen LogP contribution in [0.4, 0.5) is 0 Å². The van der Waals surface area contributed by atoms with Gasteiger partial charge in [0.15, 0.2) is 0 Å². The number of hydrogen-bond acceptors (Lipinski definition) is 7. The number of rotatable bonds is 9. The van der Waals surface area contributed by atoms with Crippen molar-refractivity contribution < 1.29 is 14.3 Å². The molecule has 2 heterocycles. The van der Waals surface area contributed by atoms with Crippen LogP contribution in [0, 0.1) is 0 Å². The third-order valence-corrected chi connectivity index (χ3v) is 5.15. The monoisotopic (exact) mass is 401 g/mol. The summed E-state index contributed by atoms with van der Waals surface area (Å²) in [6.07, 6.45) is 4.02. The molecule has 3 aromatic rings. The highest BCUT2D eigenvalue weighted by atomic mass is 32.1. The second-order valence-electron chi connectivity index (χ2n) is 6.29. The van der Waals surface area contributed by atoms with Crippen LogP contribution < -0.4 is 10.3 Å². The van der Waals surface area contributed by atoms with Crippen LogP contribution in [0.2, 0.25) is 0 Å². The third kappa shape index (κ3) is 4.95. The molecule has 0 atom stereocenters. The summed E-state index contributed by atoms with van der Waals surface area (Å²) in [7, 11) is 0. The van der Waals surface area contributed by atoms with Crippen molar-refractivity contribution in [2.45, 2.75) is 46.1 Å². The van der Waals surface area contributed by atoms with Gasteiger partial charge in [-0.2, -0.15) is 9.61 Å². The van der Waals surface area contributed by atoms with E-state index in [0.29, 0.717) is 22.8 Å². The summed E-state index contributed by atoms with van der Waals surface area (Å²) < 4.78 is 12.2. The Morgan fingerprint density at radius 3 is 2.68 bits per heavy atom. The smallest absolute Gasteiger partial charge is 0.338 e. The molecule has 28 heavy (non-hydrogen) atoms. The van der Waals surface area contributed by atoms with Crippen molar-refractivity contribution >= 4 is 22.3 Å². The quantitative estimate of drug-likeness (QED) is 0.402. The molecule has 1 aromatic carbocycles. The zero-order chi connectivity index (χ0) is 19.9. The Labute approximate surface area is 166 Å². The molecular weight excluding hydrogens is 378 g/mol. The van der Waals surface area contributed by atoms with E-state index in [-0.39, 0.29) is 12.2 Å². The second kappa shape index (κ2) is 9.45. The van der Waals surface area contributed by atoms with Gasteiger partial charge in [0.2, 0.25) is 4.96 Å². The minimum atomic E-state index is -0.474. The highest BCUT2D eigenvalue weighted by molar-refractivity contribution is 7.16. The van der Waals surface area contributed by atoms with Crippen LogP contribution in [0.15, 0.2) is 35.1 Å². The van der Waals surface area contributed by atoms with Gasteiger partial charge >= 0.3 is 5.97 Å². The van der Waals surface area contributed by atoms with Gasteiger partial charge in [0.1, 0.15) is 17.4 Å². The minimum absolute atomic E-state index is 0.0702. The molecule has 2 aromatic heterocycles. The maximum atomic E-state index is 12.2. The van der Waals surface area contributed by atoms with E-state index in [9.17, 15) is 9.59 Å². The van der Waals surface area contributed by atoms with Gasteiger partial charge in [-0.15, -0.1) is 0 Å². The van der Waals surface area contributed by atoms with E-state index >= 15 is 0 Å². The lowest BCUT2D eigenvalue weighted by atomic mass is 10.2. The largest absolute Gasteiger partial charge is 0.494 e. The Kier molecular flexibility index (Phi) is 6.76. The normalized spacial score (nSPS) is 10.9. The molecule has 0 aliphatic heterocycles. The lowest BCUT2D eigenvalue weighted by molar-refractivity contribution is 0.0467. The first-order valence-electron chi connectivity index (χ1n) is 9.39. The Hall–Kier alpha value is -2.74. The van der Waals surface area contributed by atoms with Gasteiger partial charge in [0.05, 0.1) is 17.9 Å². The SMILES string of the molecule is CCCCCOc1ccc(C(=O)OCc2cc(=O)n3nc(CC)sc3n2)cc1. The maximum Gasteiger partial charge on any atom is 0.338 e. The van der Waals surface area contributed by atoms with Gasteiger partial charge in [-0.25, -0.2) is 9.78 Å². The maximum absolute atomic E-state index is 12.2. The molecule has 7 nitrogen and oxygen atoms in total. The lowest BCUT2D eigenvalue weighted by Gasteiger charge is -2.07. The standard InChI is InChI=1S/C20H23N3O4S/c1-3-5-6-11-26-16-9-7-14(8-10-16)19(25)27-13-15-12-18(24)23-20(21-15)28-17(4-2)22-23/h7-10,12H,3-6,11,13H2,1-2H3. The first-order chi connectivity index (χ1) is 13.6. The fraction of sp³-hybridized carbons (Fsp3) is 0.400. The van der Waals surface area contributed by atoms with E-state index in [0.717, 1.165) is 36.4 Å². The summed E-state index contributed by atoms with van der Waals surface area (Å²) in [5.41, 5.74) is 0.543. The van der Waals surface area contributed by atoms with Gasteiger partial charge in [-0.1, -0.05) is 38.0 Å². The predicted octanol–water partition coefficient (Wildman–Crippen LogP) is 3.64. The van der Waals surface area contributed by atoms with Crippen molar-refractivity contribution in [2.75, 3.05) is 6.61 Å². The van der Waals surface area contributed by atoms with Crippen LogP contribution in [0.25, 0.3) is 4.96 Å². The average Bonchev–Trinajstić information content (AvgIpc) is 3.14. The van der Waals surface area contributed by atoms with Crippen molar-refractivity contribution in [2.24, 2.45) is 0 Å². The van der Waals surface area contributed by atoms with E-state index < -0.39 is 5.97 Å². The van der Waals surface area contributed by atoms with Gasteiger partial charge < -0.3 is 9.47 Å². The molecule has 3 rings (SSSR count). The van der Waals surface area contributed by atoms with Gasteiger partial charge in [-0.3, -0.25) is 4.79 Å². The van der Waals surface area contributed by atoms with Crippen molar-refractivity contribution in [1.29, 1.82) is 0 Å². The number of hydrogen-bond donors (Lipinski definition) is 0. The molecule has 0 amide bonds. The summed E-state index contributed by atoms with van der Waals surface area (Å²) in [4.78, 5) is 29.2. The second-order valence-corrected chi connectivity index (χ2v) is 7.33. The third-order valence-electron chi connectivity index (χ3n) is 4.10. The van der Waals surface area contributed by atoms with Gasteiger partial charge in [0.25, 0.3) is 5.56 Å². The zero-order valence-electron chi connectivity index (χ0n) is 16.0. The lowest BCUT2D eigenvalue weighted by Crippen LogP contribution is -2.16. The number of benzene rings is 1. The summed E-state index contributed by atoms with van der Waals surface area (Å²) in [6, 6.07) is 8.18. The predicted molar refractivity (Wildman–Crippen MR) is 107 cm³/mol. The van der Waals surface area contributed by atoms with Crippen LogP contribution in [0.3, 0.4) is 0 Å². The molecule has 0 bridgehead atoms. The van der Waals surface area contributed by atoms with Crippen LogP contribution in [0.5, 0.6) is 5.75 Å². The molecule has 0 saturated carbocycles. The fourth-order valence-corrected chi connectivity index (χ4v) is 3.42. The van der Waals surface area contributed by atoms with Crippen molar-refractivity contribution in [3.05, 3.63) is 57.0 Å².